The first kappa shape index (κ1) is 14.9. The quantitative estimate of drug-likeness (QED) is 0.855. The number of aliphatic hydroxyl groups is 1. The third-order valence-corrected chi connectivity index (χ3v) is 4.66. The summed E-state index contributed by atoms with van der Waals surface area (Å²) in [7, 11) is 0. The maximum absolute atomic E-state index is 10.8. The molecule has 0 spiro atoms. The smallest absolute Gasteiger partial charge is 0.0850 e. The Balaban J connectivity index is 2.23. The normalized spacial score (nSPS) is 19.4. The summed E-state index contributed by atoms with van der Waals surface area (Å²) in [5.74, 6) is 0. The molecule has 0 saturated heterocycles. The molecule has 1 saturated carbocycles. The van der Waals surface area contributed by atoms with E-state index in [-0.39, 0.29) is 0 Å². The Labute approximate surface area is 121 Å². The van der Waals surface area contributed by atoms with Gasteiger partial charge in [-0.3, -0.25) is 4.68 Å². The molecular formula is C15H25ClN2O. The van der Waals surface area contributed by atoms with Crippen LogP contribution in [-0.2, 0) is 19.4 Å². The highest BCUT2D eigenvalue weighted by molar-refractivity contribution is 6.31. The van der Waals surface area contributed by atoms with Crippen LogP contribution in [0.3, 0.4) is 0 Å². The predicted molar refractivity (Wildman–Crippen MR) is 78.6 cm³/mol. The van der Waals surface area contributed by atoms with Crippen molar-refractivity contribution in [2.45, 2.75) is 77.4 Å². The molecule has 19 heavy (non-hydrogen) atoms. The van der Waals surface area contributed by atoms with Gasteiger partial charge in [0.25, 0.3) is 0 Å². The second-order valence-electron chi connectivity index (χ2n) is 5.69. The fraction of sp³-hybridized carbons (Fsp3) is 0.800. The molecule has 1 N–H and O–H groups in total. The Morgan fingerprint density at radius 1 is 1.21 bits per heavy atom. The Morgan fingerprint density at radius 3 is 2.37 bits per heavy atom. The largest absolute Gasteiger partial charge is 0.389 e. The molecule has 4 heteroatoms. The number of aromatic nitrogens is 2. The first-order chi connectivity index (χ1) is 9.09. The van der Waals surface area contributed by atoms with Crippen LogP contribution in [0.15, 0.2) is 0 Å². The topological polar surface area (TPSA) is 38.0 Å². The molecule has 0 aliphatic heterocycles. The van der Waals surface area contributed by atoms with E-state index in [9.17, 15) is 5.11 Å². The molecule has 1 aromatic heterocycles. The molecule has 2 rings (SSSR count). The van der Waals surface area contributed by atoms with Gasteiger partial charge in [-0.25, -0.2) is 0 Å². The second kappa shape index (κ2) is 6.27. The van der Waals surface area contributed by atoms with Crippen molar-refractivity contribution >= 4 is 11.6 Å². The SMILES string of the molecule is CCc1nn(CC)c(CC2(O)CCCCCC2)c1Cl. The highest BCUT2D eigenvalue weighted by atomic mass is 35.5. The van der Waals surface area contributed by atoms with Crippen LogP contribution in [0.1, 0.15) is 63.8 Å². The van der Waals surface area contributed by atoms with E-state index >= 15 is 0 Å². The molecule has 3 nitrogen and oxygen atoms in total. The Bertz CT molecular complexity index is 420. The van der Waals surface area contributed by atoms with E-state index in [4.69, 9.17) is 11.6 Å². The molecule has 0 aromatic carbocycles. The van der Waals surface area contributed by atoms with E-state index in [1.807, 2.05) is 4.68 Å². The minimum Gasteiger partial charge on any atom is -0.389 e. The van der Waals surface area contributed by atoms with Crippen LogP contribution in [0.2, 0.25) is 5.02 Å². The molecule has 0 radical (unpaired) electrons. The zero-order chi connectivity index (χ0) is 13.9. The van der Waals surface area contributed by atoms with Gasteiger partial charge in [0, 0.05) is 13.0 Å². The standard InChI is InChI=1S/C15H25ClN2O/c1-3-12-14(16)13(18(4-2)17-12)11-15(19)9-7-5-6-8-10-15/h19H,3-11H2,1-2H3. The van der Waals surface area contributed by atoms with Gasteiger partial charge in [-0.05, 0) is 26.2 Å². The summed E-state index contributed by atoms with van der Waals surface area (Å²) in [6.07, 6.45) is 7.99. The van der Waals surface area contributed by atoms with Gasteiger partial charge in [0.05, 0.1) is 22.0 Å². The molecule has 0 bridgehead atoms. The molecule has 0 unspecified atom stereocenters. The summed E-state index contributed by atoms with van der Waals surface area (Å²) in [4.78, 5) is 0. The van der Waals surface area contributed by atoms with Gasteiger partial charge in [0.15, 0.2) is 0 Å². The molecule has 0 atom stereocenters. The van der Waals surface area contributed by atoms with Crippen molar-refractivity contribution in [1.82, 2.24) is 9.78 Å². The van der Waals surface area contributed by atoms with E-state index in [0.717, 1.165) is 55.1 Å². The summed E-state index contributed by atoms with van der Waals surface area (Å²) >= 11 is 6.44. The average molecular weight is 285 g/mol. The van der Waals surface area contributed by atoms with Crippen LogP contribution in [0.25, 0.3) is 0 Å². The van der Waals surface area contributed by atoms with Gasteiger partial charge in [-0.2, -0.15) is 5.10 Å². The molecule has 108 valence electrons. The summed E-state index contributed by atoms with van der Waals surface area (Å²) in [5.41, 5.74) is 1.39. The highest BCUT2D eigenvalue weighted by Crippen LogP contribution is 2.33. The first-order valence-corrected chi connectivity index (χ1v) is 7.94. The lowest BCUT2D eigenvalue weighted by Crippen LogP contribution is -2.31. The highest BCUT2D eigenvalue weighted by Gasteiger charge is 2.31. The maximum Gasteiger partial charge on any atom is 0.0850 e. The van der Waals surface area contributed by atoms with Crippen molar-refractivity contribution in [2.75, 3.05) is 0 Å². The summed E-state index contributed by atoms with van der Waals surface area (Å²) < 4.78 is 1.96. The van der Waals surface area contributed by atoms with E-state index in [1.54, 1.807) is 0 Å². The molecule has 0 amide bonds. The molecule has 1 fully saturated rings. The van der Waals surface area contributed by atoms with E-state index in [1.165, 1.54) is 12.8 Å². The third-order valence-electron chi connectivity index (χ3n) is 4.22. The predicted octanol–water partition coefficient (Wildman–Crippen LogP) is 3.75. The van der Waals surface area contributed by atoms with E-state index < -0.39 is 5.60 Å². The molecular weight excluding hydrogens is 260 g/mol. The zero-order valence-electron chi connectivity index (χ0n) is 12.1. The minimum absolute atomic E-state index is 0.585. The van der Waals surface area contributed by atoms with Crippen LogP contribution in [-0.4, -0.2) is 20.5 Å². The molecule has 1 aliphatic rings. The lowest BCUT2D eigenvalue weighted by molar-refractivity contribution is 0.0234. The van der Waals surface area contributed by atoms with Crippen molar-refractivity contribution in [1.29, 1.82) is 0 Å². The van der Waals surface area contributed by atoms with E-state index in [2.05, 4.69) is 18.9 Å². The fourth-order valence-electron chi connectivity index (χ4n) is 3.06. The van der Waals surface area contributed by atoms with E-state index in [0.29, 0.717) is 6.42 Å². The summed E-state index contributed by atoms with van der Waals surface area (Å²) in [5, 5.41) is 16.1. The maximum atomic E-state index is 10.8. The van der Waals surface area contributed by atoms with Crippen molar-refractivity contribution in [3.05, 3.63) is 16.4 Å². The van der Waals surface area contributed by atoms with Crippen molar-refractivity contribution in [2.24, 2.45) is 0 Å². The zero-order valence-corrected chi connectivity index (χ0v) is 12.8. The summed E-state index contributed by atoms with van der Waals surface area (Å²) in [6.45, 7) is 4.95. The average Bonchev–Trinajstić information content (AvgIpc) is 2.57. The number of nitrogens with zero attached hydrogens (tertiary/aromatic N) is 2. The number of hydrogen-bond acceptors (Lipinski definition) is 2. The Hall–Kier alpha value is -0.540. The van der Waals surface area contributed by atoms with Crippen LogP contribution in [0.4, 0.5) is 0 Å². The third kappa shape index (κ3) is 3.32. The van der Waals surface area contributed by atoms with Crippen LogP contribution < -0.4 is 0 Å². The monoisotopic (exact) mass is 284 g/mol. The Morgan fingerprint density at radius 2 is 1.84 bits per heavy atom. The lowest BCUT2D eigenvalue weighted by Gasteiger charge is -2.27. The second-order valence-corrected chi connectivity index (χ2v) is 6.07. The first-order valence-electron chi connectivity index (χ1n) is 7.56. The van der Waals surface area contributed by atoms with Crippen molar-refractivity contribution in [3.63, 3.8) is 0 Å². The molecule has 1 aliphatic carbocycles. The number of aryl methyl sites for hydroxylation is 2. The summed E-state index contributed by atoms with van der Waals surface area (Å²) in [6, 6.07) is 0. The number of rotatable bonds is 4. The van der Waals surface area contributed by atoms with Gasteiger partial charge in [-0.1, -0.05) is 44.2 Å². The van der Waals surface area contributed by atoms with Crippen LogP contribution in [0.5, 0.6) is 0 Å². The number of halogens is 1. The van der Waals surface area contributed by atoms with Gasteiger partial charge in [0.2, 0.25) is 0 Å². The van der Waals surface area contributed by atoms with Crippen LogP contribution in [0, 0.1) is 0 Å². The van der Waals surface area contributed by atoms with Gasteiger partial charge >= 0.3 is 0 Å². The number of hydrogen-bond donors (Lipinski definition) is 1. The molecule has 1 aromatic rings. The van der Waals surface area contributed by atoms with Gasteiger partial charge < -0.3 is 5.11 Å². The lowest BCUT2D eigenvalue weighted by atomic mass is 9.89. The van der Waals surface area contributed by atoms with Gasteiger partial charge in [0.1, 0.15) is 0 Å². The van der Waals surface area contributed by atoms with Crippen LogP contribution >= 0.6 is 11.6 Å². The Kier molecular flexibility index (Phi) is 4.91. The van der Waals surface area contributed by atoms with Gasteiger partial charge in [-0.15, -0.1) is 0 Å². The molecule has 1 heterocycles. The van der Waals surface area contributed by atoms with Crippen molar-refractivity contribution < 1.29 is 5.11 Å². The fourth-order valence-corrected chi connectivity index (χ4v) is 3.40. The minimum atomic E-state index is -0.585. The van der Waals surface area contributed by atoms with Crippen molar-refractivity contribution in [3.8, 4) is 0 Å².